The van der Waals surface area contributed by atoms with Gasteiger partial charge in [0, 0.05) is 223 Å². The van der Waals surface area contributed by atoms with Crippen LogP contribution >= 0.6 is 0 Å². The van der Waals surface area contributed by atoms with Crippen LogP contribution in [0.3, 0.4) is 0 Å². The highest BCUT2D eigenvalue weighted by Crippen LogP contribution is 2.25. The Hall–Kier alpha value is -13.7. The fourth-order valence-corrected chi connectivity index (χ4v) is 14.5. The van der Waals surface area contributed by atoms with Gasteiger partial charge in [0.15, 0.2) is 34.8 Å². The molecule has 0 bridgehead atoms. The summed E-state index contributed by atoms with van der Waals surface area (Å²) in [5, 5.41) is 19.0. The van der Waals surface area contributed by atoms with Gasteiger partial charge in [0.25, 0.3) is 29.5 Å². The topological polar surface area (TPSA) is 419 Å². The molecule has 7 N–H and O–H groups in total. The first-order valence-electron chi connectivity index (χ1n) is 39.7. The van der Waals surface area contributed by atoms with Crippen LogP contribution in [-0.4, -0.2) is 182 Å². The maximum absolute atomic E-state index is 13.8. The number of aryl methyl sites for hydroxylation is 10. The first-order chi connectivity index (χ1) is 57.4. The molecule has 0 radical (unpaired) electrons. The van der Waals surface area contributed by atoms with Gasteiger partial charge in [-0.15, -0.1) is 0 Å². The lowest BCUT2D eigenvalue weighted by molar-refractivity contribution is -0.119. The Balaban J connectivity index is 0.598. The number of rotatable bonds is 45. The van der Waals surface area contributed by atoms with Gasteiger partial charge in [0.2, 0.25) is 23.4 Å². The highest BCUT2D eigenvalue weighted by atomic mass is 16.2. The lowest BCUT2D eigenvalue weighted by Crippen LogP contribution is -2.28. The quantitative estimate of drug-likeness (QED) is 0.0142. The minimum atomic E-state index is -0.647. The number of amides is 7. The number of anilines is 5. The predicted octanol–water partition coefficient (Wildman–Crippen LogP) is 7.75. The molecule has 10 aromatic rings. The third kappa shape index (κ3) is 24.3. The molecular weight excluding hydrogens is 1550 g/mol. The molecule has 0 unspecified atom stereocenters. The molecule has 35 nitrogen and oxygen atoms in total. The van der Waals surface area contributed by atoms with E-state index in [9.17, 15) is 71.9 Å². The summed E-state index contributed by atoms with van der Waals surface area (Å²) in [6.45, 7) is 2.40. The molecule has 7 amide bonds. The van der Waals surface area contributed by atoms with Crippen LogP contribution in [0.15, 0.2) is 110 Å². The van der Waals surface area contributed by atoms with Crippen molar-refractivity contribution in [3.8, 4) is 0 Å². The zero-order valence-electron chi connectivity index (χ0n) is 70.5. The molecule has 0 atom stereocenters. The fraction of sp³-hybridized carbons (Fsp3) is 0.384. The van der Waals surface area contributed by atoms with Gasteiger partial charge in [-0.05, 0) is 124 Å². The van der Waals surface area contributed by atoms with Crippen LogP contribution in [0.4, 0.5) is 28.6 Å². The Bertz CT molecular complexity index is 5660. The molecule has 0 aliphatic heterocycles. The number of nitrogens with one attached hydrogen (secondary N) is 7. The molecular formula is C86H104N20O15. The summed E-state index contributed by atoms with van der Waals surface area (Å²) < 4.78 is 15.7. The van der Waals surface area contributed by atoms with Gasteiger partial charge < -0.3 is 87.8 Å². The third-order valence-corrected chi connectivity index (χ3v) is 20.4. The number of Topliss-reactive ketones (excluding diaryl/α,β-unsaturated/α-hetero) is 8. The maximum Gasteiger partial charge on any atom is 0.291 e. The Kier molecular flexibility index (Phi) is 29.7. The SMILES string of the molecule is CC(=O)Nc1cc(C(=O)Nc2cc(C(=O)NCCC(=O)Nc3cc(C(=O)Nc4cn(C)c(C(=O)Nc5cc(C(=O)NCCCC(=O)Cc6cc(C(=O)Cc7cc(C(=O)Cc8cc(C(=O)CCCC(=O)Cc9cn(C)c(C(=O)Cc%10cc(C(=O)CCCC(=O)CCCCN(C)C)n(C)c%10)n9)n(C)c8)n(C)c7)n(C)c6)n(C)c5)n4)n(C)c3)n(C)c2)n(C)c1. The van der Waals surface area contributed by atoms with E-state index in [-0.39, 0.29) is 182 Å². The molecule has 35 heteroatoms. The Morgan fingerprint density at radius 1 is 0.306 bits per heavy atom. The minimum Gasteiger partial charge on any atom is -0.351 e. The van der Waals surface area contributed by atoms with Crippen molar-refractivity contribution in [3.63, 3.8) is 0 Å². The van der Waals surface area contributed by atoms with Gasteiger partial charge in [0.05, 0.1) is 57.6 Å². The maximum atomic E-state index is 13.8. The first kappa shape index (κ1) is 89.6. The second kappa shape index (κ2) is 40.1. The van der Waals surface area contributed by atoms with Gasteiger partial charge in [-0.1, -0.05) is 0 Å². The number of carbonyl (C=O) groups excluding carboxylic acids is 15. The summed E-state index contributed by atoms with van der Waals surface area (Å²) in [7, 11) is 20.6. The molecule has 10 rings (SSSR count). The Morgan fingerprint density at radius 3 is 1.19 bits per heavy atom. The number of carbonyl (C=O) groups is 15. The van der Waals surface area contributed by atoms with Crippen LogP contribution in [0.25, 0.3) is 0 Å². The smallest absolute Gasteiger partial charge is 0.291 e. The molecule has 0 saturated carbocycles. The Morgan fingerprint density at radius 2 is 0.694 bits per heavy atom. The lowest BCUT2D eigenvalue weighted by Gasteiger charge is -2.08. The minimum absolute atomic E-state index is 0.00559. The normalized spacial score (nSPS) is 11.3. The molecule has 0 aromatic carbocycles. The van der Waals surface area contributed by atoms with Crippen molar-refractivity contribution in [1.82, 2.24) is 71.2 Å². The van der Waals surface area contributed by atoms with Gasteiger partial charge in [0.1, 0.15) is 40.1 Å². The molecule has 0 fully saturated rings. The van der Waals surface area contributed by atoms with Crippen LogP contribution in [0.1, 0.15) is 217 Å². The third-order valence-electron chi connectivity index (χ3n) is 20.4. The largest absolute Gasteiger partial charge is 0.351 e. The van der Waals surface area contributed by atoms with Crippen LogP contribution in [0.5, 0.6) is 0 Å². The van der Waals surface area contributed by atoms with Gasteiger partial charge in [-0.25, -0.2) is 9.97 Å². The van der Waals surface area contributed by atoms with Crippen molar-refractivity contribution >= 4 is 116 Å². The van der Waals surface area contributed by atoms with Crippen molar-refractivity contribution in [2.75, 3.05) is 60.3 Å². The van der Waals surface area contributed by atoms with Crippen LogP contribution in [0, 0.1) is 0 Å². The van der Waals surface area contributed by atoms with E-state index in [2.05, 4.69) is 52.1 Å². The molecule has 0 aliphatic carbocycles. The second-order valence-electron chi connectivity index (χ2n) is 31.0. The van der Waals surface area contributed by atoms with Crippen LogP contribution < -0.4 is 37.2 Å². The molecule has 0 saturated heterocycles. The number of ketones is 8. The van der Waals surface area contributed by atoms with E-state index >= 15 is 0 Å². The first-order valence-corrected chi connectivity index (χ1v) is 39.7. The van der Waals surface area contributed by atoms with E-state index in [0.29, 0.717) is 93.5 Å². The molecule has 10 aromatic heterocycles. The van der Waals surface area contributed by atoms with E-state index in [1.807, 2.05) is 14.1 Å². The van der Waals surface area contributed by atoms with E-state index in [1.165, 1.54) is 68.0 Å². The zero-order valence-corrected chi connectivity index (χ0v) is 70.5. The average Bonchev–Trinajstić information content (AvgIpc) is 1.69. The van der Waals surface area contributed by atoms with E-state index in [0.717, 1.165) is 19.4 Å². The van der Waals surface area contributed by atoms with Gasteiger partial charge in [-0.2, -0.15) is 0 Å². The number of imidazole rings is 2. The molecule has 121 heavy (non-hydrogen) atoms. The van der Waals surface area contributed by atoms with Crippen LogP contribution in [-0.2, 0) is 127 Å². The summed E-state index contributed by atoms with van der Waals surface area (Å²) in [6, 6.07) is 12.6. The van der Waals surface area contributed by atoms with Crippen molar-refractivity contribution in [2.24, 2.45) is 70.5 Å². The summed E-state index contributed by atoms with van der Waals surface area (Å²) in [4.78, 5) is 208. The lowest BCUT2D eigenvalue weighted by atomic mass is 10.0. The molecule has 0 spiro atoms. The molecule has 0 aliphatic rings. The number of aromatic nitrogens is 12. The zero-order chi connectivity index (χ0) is 87.8. The summed E-state index contributed by atoms with van der Waals surface area (Å²) in [5.41, 5.74) is 6.69. The summed E-state index contributed by atoms with van der Waals surface area (Å²) in [5.74, 6) is -4.42. The van der Waals surface area contributed by atoms with Gasteiger partial charge in [-0.3, -0.25) is 71.9 Å². The summed E-state index contributed by atoms with van der Waals surface area (Å²) >= 11 is 0. The monoisotopic (exact) mass is 1660 g/mol. The highest BCUT2D eigenvalue weighted by molar-refractivity contribution is 6.08. The predicted molar refractivity (Wildman–Crippen MR) is 450 cm³/mol. The van der Waals surface area contributed by atoms with E-state index in [4.69, 9.17) is 0 Å². The molecule has 10 heterocycles. The van der Waals surface area contributed by atoms with Crippen molar-refractivity contribution in [3.05, 3.63) is 196 Å². The number of hydrogen-bond acceptors (Lipinski definition) is 18. The Labute approximate surface area is 698 Å². The van der Waals surface area contributed by atoms with Crippen molar-refractivity contribution in [1.29, 1.82) is 0 Å². The average molecular weight is 1660 g/mol. The van der Waals surface area contributed by atoms with E-state index in [1.54, 1.807) is 166 Å². The number of nitrogens with zero attached hydrogens (tertiary/aromatic N) is 13. The van der Waals surface area contributed by atoms with E-state index < -0.39 is 35.4 Å². The van der Waals surface area contributed by atoms with Crippen molar-refractivity contribution in [2.45, 2.75) is 116 Å². The molecule has 638 valence electrons. The van der Waals surface area contributed by atoms with Crippen LogP contribution in [0.2, 0.25) is 0 Å². The van der Waals surface area contributed by atoms with Gasteiger partial charge >= 0.3 is 0 Å². The second-order valence-corrected chi connectivity index (χ2v) is 31.0. The summed E-state index contributed by atoms with van der Waals surface area (Å²) in [6.07, 6.45) is 20.2. The fourth-order valence-electron chi connectivity index (χ4n) is 14.5. The van der Waals surface area contributed by atoms with Crippen molar-refractivity contribution < 1.29 is 71.9 Å². The number of unbranched alkanes of at least 4 members (excludes halogenated alkanes) is 1. The highest BCUT2D eigenvalue weighted by Gasteiger charge is 2.27. The standard InChI is InChI=1S/C86H104N20O15/c1-52(107)89-58-38-71(103(10)46-58)84(119)92-60-40-70(101(8)48-60)83(118)88-27-25-79(116)90-59-39-72(104(11)47-59)85(120)95-78-51-106(13)81(94-78)86(121)93-61-41-69(102(9)49-61)82(117)87-26-18-22-63(109)29-53-30-67(99(6)42-53)75(113)35-55-33-68(100(7)44-55)76(114)34-54-31-65(97(4)43-54)74(112)24-17-21-64(110)37-57-50-105(12)80(91-57)77(115)36-56-32-66(98(5)45-56)73(111)23-16-20-62(108)19-14-15-28-96(2)3/h30-33,38-51H,14-29,34-37H2,1-13H3,(H,87,117)(H,88,118)(H,89,107)(H,90,116)(H,92,119)(H,93,121)(H,95,120). The number of hydrogen-bond donors (Lipinski definition) is 7.